The Bertz CT molecular complexity index is 673. The smallest absolute Gasteiger partial charge is 0.0178 e. The standard InChI is InChI=1S/C18H21N.C3H7NS/c1-4-15-7-10-17(14(3)12-19)18(11-15)16-8-5-13(2)6-9-16;1-5-3-2-4/h5-11H,3-4,12,19H2,1-2H3;2-3H,4H2,1H3/b;3-2-. The van der Waals surface area contributed by atoms with Crippen molar-refractivity contribution in [1.29, 1.82) is 0 Å². The predicted octanol–water partition coefficient (Wildman–Crippen LogP) is 4.98. The molecule has 2 aromatic rings. The molecular weight excluding hydrogens is 312 g/mol. The van der Waals surface area contributed by atoms with Crippen LogP contribution in [0.4, 0.5) is 0 Å². The van der Waals surface area contributed by atoms with Crippen molar-refractivity contribution < 1.29 is 0 Å². The molecule has 0 aromatic heterocycles. The highest BCUT2D eigenvalue weighted by Crippen LogP contribution is 2.29. The maximum absolute atomic E-state index is 5.75. The summed E-state index contributed by atoms with van der Waals surface area (Å²) in [5, 5.41) is 1.82. The Morgan fingerprint density at radius 2 is 1.83 bits per heavy atom. The fourth-order valence-corrected chi connectivity index (χ4v) is 2.44. The van der Waals surface area contributed by atoms with Gasteiger partial charge in [0.2, 0.25) is 0 Å². The minimum atomic E-state index is 0.490. The van der Waals surface area contributed by atoms with Gasteiger partial charge >= 0.3 is 0 Å². The van der Waals surface area contributed by atoms with Crippen LogP contribution in [-0.4, -0.2) is 12.8 Å². The summed E-state index contributed by atoms with van der Waals surface area (Å²) in [7, 11) is 0. The lowest BCUT2D eigenvalue weighted by Gasteiger charge is -2.13. The normalized spacial score (nSPS) is 10.3. The number of aryl methyl sites for hydroxylation is 2. The molecule has 2 nitrogen and oxygen atoms in total. The molecule has 0 unspecified atom stereocenters. The van der Waals surface area contributed by atoms with Gasteiger partial charge in [0.05, 0.1) is 0 Å². The van der Waals surface area contributed by atoms with Crippen LogP contribution in [0.15, 0.2) is 60.7 Å². The second-order valence-corrected chi connectivity index (χ2v) is 6.21. The molecule has 0 aliphatic heterocycles. The van der Waals surface area contributed by atoms with Crippen molar-refractivity contribution in [3.8, 4) is 11.1 Å². The lowest BCUT2D eigenvalue weighted by Crippen LogP contribution is -2.02. The van der Waals surface area contributed by atoms with E-state index in [2.05, 4.69) is 62.9 Å². The van der Waals surface area contributed by atoms with Crippen LogP contribution in [0.25, 0.3) is 16.7 Å². The molecule has 128 valence electrons. The first-order valence-corrected chi connectivity index (χ1v) is 9.33. The second-order valence-electron chi connectivity index (χ2n) is 5.47. The third kappa shape index (κ3) is 5.91. The van der Waals surface area contributed by atoms with E-state index in [4.69, 9.17) is 11.5 Å². The molecule has 4 N–H and O–H groups in total. The zero-order valence-electron chi connectivity index (χ0n) is 14.9. The largest absolute Gasteiger partial charge is 0.404 e. The summed E-state index contributed by atoms with van der Waals surface area (Å²) in [5.74, 6) is 0. The molecule has 0 aliphatic carbocycles. The number of rotatable bonds is 5. The van der Waals surface area contributed by atoms with Gasteiger partial charge in [-0.2, -0.15) is 0 Å². The Balaban J connectivity index is 0.000000505. The van der Waals surface area contributed by atoms with Crippen molar-refractivity contribution in [2.45, 2.75) is 20.3 Å². The first-order chi connectivity index (χ1) is 11.6. The van der Waals surface area contributed by atoms with Gasteiger partial charge in [-0.3, -0.25) is 0 Å². The SMILES string of the molecule is C=C(CN)c1ccc(CC)cc1-c1ccc(C)cc1.CS/C=C\N. The van der Waals surface area contributed by atoms with Crippen LogP contribution in [-0.2, 0) is 6.42 Å². The van der Waals surface area contributed by atoms with Gasteiger partial charge < -0.3 is 11.5 Å². The summed E-state index contributed by atoms with van der Waals surface area (Å²) >= 11 is 1.60. The fourth-order valence-electron chi connectivity index (χ4n) is 2.28. The van der Waals surface area contributed by atoms with Crippen LogP contribution in [0.1, 0.15) is 23.6 Å². The van der Waals surface area contributed by atoms with Crippen molar-refractivity contribution in [3.63, 3.8) is 0 Å². The second kappa shape index (κ2) is 10.7. The predicted molar refractivity (Wildman–Crippen MR) is 111 cm³/mol. The molecule has 0 amide bonds. The average Bonchev–Trinajstić information content (AvgIpc) is 2.62. The molecule has 0 spiro atoms. The maximum Gasteiger partial charge on any atom is 0.0178 e. The molecule has 0 radical (unpaired) electrons. The summed E-state index contributed by atoms with van der Waals surface area (Å²) in [4.78, 5) is 0. The van der Waals surface area contributed by atoms with E-state index in [0.29, 0.717) is 6.54 Å². The first-order valence-electron chi connectivity index (χ1n) is 8.05. The molecule has 0 heterocycles. The third-order valence-corrected chi connectivity index (χ3v) is 4.13. The van der Waals surface area contributed by atoms with Crippen LogP contribution in [0, 0.1) is 6.92 Å². The fraction of sp³-hybridized carbons (Fsp3) is 0.238. The highest BCUT2D eigenvalue weighted by atomic mass is 32.2. The monoisotopic (exact) mass is 340 g/mol. The summed E-state index contributed by atoms with van der Waals surface area (Å²) in [6, 6.07) is 15.2. The molecular formula is C21H28N2S. The first kappa shape index (κ1) is 20.1. The number of thioether (sulfide) groups is 1. The molecule has 24 heavy (non-hydrogen) atoms. The van der Waals surface area contributed by atoms with Gasteiger partial charge in [-0.15, -0.1) is 11.8 Å². The topological polar surface area (TPSA) is 52.0 Å². The molecule has 0 aliphatic rings. The molecule has 0 fully saturated rings. The highest BCUT2D eigenvalue weighted by molar-refractivity contribution is 8.01. The van der Waals surface area contributed by atoms with Gasteiger partial charge in [0.15, 0.2) is 0 Å². The van der Waals surface area contributed by atoms with Crippen molar-refractivity contribution in [2.75, 3.05) is 12.8 Å². The quantitative estimate of drug-likeness (QED) is 0.807. The number of hydrogen-bond donors (Lipinski definition) is 2. The van der Waals surface area contributed by atoms with E-state index in [0.717, 1.165) is 17.6 Å². The van der Waals surface area contributed by atoms with E-state index in [9.17, 15) is 0 Å². The van der Waals surface area contributed by atoms with Crippen molar-refractivity contribution in [1.82, 2.24) is 0 Å². The van der Waals surface area contributed by atoms with E-state index in [1.807, 2.05) is 11.7 Å². The van der Waals surface area contributed by atoms with Gasteiger partial charge in [0.1, 0.15) is 0 Å². The van der Waals surface area contributed by atoms with E-state index < -0.39 is 0 Å². The van der Waals surface area contributed by atoms with Gasteiger partial charge in [-0.25, -0.2) is 0 Å². The van der Waals surface area contributed by atoms with E-state index in [-0.39, 0.29) is 0 Å². The zero-order valence-corrected chi connectivity index (χ0v) is 15.7. The highest BCUT2D eigenvalue weighted by Gasteiger charge is 2.08. The van der Waals surface area contributed by atoms with E-state index >= 15 is 0 Å². The molecule has 3 heteroatoms. The van der Waals surface area contributed by atoms with E-state index in [1.165, 1.54) is 28.5 Å². The lowest BCUT2D eigenvalue weighted by atomic mass is 9.92. The van der Waals surface area contributed by atoms with Crippen LogP contribution in [0.2, 0.25) is 0 Å². The Morgan fingerprint density at radius 1 is 1.17 bits per heavy atom. The van der Waals surface area contributed by atoms with Gasteiger partial charge in [-0.1, -0.05) is 61.5 Å². The van der Waals surface area contributed by atoms with Gasteiger partial charge in [0.25, 0.3) is 0 Å². The summed E-state index contributed by atoms with van der Waals surface area (Å²) in [6.07, 6.45) is 4.52. The van der Waals surface area contributed by atoms with Gasteiger partial charge in [0, 0.05) is 12.7 Å². The minimum Gasteiger partial charge on any atom is -0.404 e. The summed E-state index contributed by atoms with van der Waals surface area (Å²) < 4.78 is 0. The zero-order chi connectivity index (χ0) is 17.9. The molecule has 0 saturated carbocycles. The van der Waals surface area contributed by atoms with Crippen molar-refractivity contribution >= 4 is 17.3 Å². The molecule has 2 rings (SSSR count). The average molecular weight is 341 g/mol. The molecule has 0 saturated heterocycles. The molecule has 2 aromatic carbocycles. The van der Waals surface area contributed by atoms with Crippen LogP contribution in [0.3, 0.4) is 0 Å². The Hall–Kier alpha value is -1.97. The molecule has 0 bridgehead atoms. The lowest BCUT2D eigenvalue weighted by molar-refractivity contribution is 1.14. The third-order valence-electron chi connectivity index (χ3n) is 3.70. The Kier molecular flexibility index (Phi) is 8.98. The summed E-state index contributed by atoms with van der Waals surface area (Å²) in [5.41, 5.74) is 17.9. The van der Waals surface area contributed by atoms with Crippen molar-refractivity contribution in [3.05, 3.63) is 77.3 Å². The molecule has 0 atom stereocenters. The van der Waals surface area contributed by atoms with Crippen molar-refractivity contribution in [2.24, 2.45) is 11.5 Å². The van der Waals surface area contributed by atoms with Crippen LogP contribution in [0.5, 0.6) is 0 Å². The van der Waals surface area contributed by atoms with Crippen LogP contribution >= 0.6 is 11.8 Å². The Labute approximate surface area is 150 Å². The number of nitrogens with two attached hydrogens (primary N) is 2. The van der Waals surface area contributed by atoms with E-state index in [1.54, 1.807) is 11.8 Å². The number of hydrogen-bond acceptors (Lipinski definition) is 3. The van der Waals surface area contributed by atoms with Gasteiger partial charge in [-0.05, 0) is 52.8 Å². The Morgan fingerprint density at radius 3 is 2.29 bits per heavy atom. The number of benzene rings is 2. The minimum absolute atomic E-state index is 0.490. The van der Waals surface area contributed by atoms with Crippen LogP contribution < -0.4 is 11.5 Å². The summed E-state index contributed by atoms with van der Waals surface area (Å²) in [6.45, 7) is 8.84. The maximum atomic E-state index is 5.75.